The number of ether oxygens (including phenoxy) is 1. The van der Waals surface area contributed by atoms with Crippen molar-refractivity contribution >= 4 is 40.1 Å². The van der Waals surface area contributed by atoms with E-state index in [4.69, 9.17) is 9.57 Å². The Morgan fingerprint density at radius 1 is 0.868 bits per heavy atom. The summed E-state index contributed by atoms with van der Waals surface area (Å²) >= 11 is 0. The molecule has 2 amide bonds. The molecule has 0 saturated heterocycles. The van der Waals surface area contributed by atoms with Crippen LogP contribution in [0.4, 0.5) is 16.2 Å². The Morgan fingerprint density at radius 3 is 2.11 bits per heavy atom. The maximum Gasteiger partial charge on any atom is 0.338 e. The number of rotatable bonds is 7. The number of urea groups is 1. The largest absolute Gasteiger partial charge is 0.492 e. The van der Waals surface area contributed by atoms with E-state index in [1.54, 1.807) is 64.1 Å². The van der Waals surface area contributed by atoms with E-state index >= 15 is 0 Å². The van der Waals surface area contributed by atoms with E-state index in [-0.39, 0.29) is 23.3 Å². The van der Waals surface area contributed by atoms with E-state index < -0.39 is 23.3 Å². The number of amides is 2. The maximum atomic E-state index is 12.7. The topological polar surface area (TPSA) is 119 Å². The molecule has 4 rings (SSSR count). The van der Waals surface area contributed by atoms with Crippen LogP contribution in [-0.4, -0.2) is 27.6 Å². The Hall–Kier alpha value is -4.79. The van der Waals surface area contributed by atoms with Crippen LogP contribution < -0.4 is 20.2 Å². The summed E-state index contributed by atoms with van der Waals surface area (Å²) < 4.78 is 6.69. The van der Waals surface area contributed by atoms with Gasteiger partial charge in [0.1, 0.15) is 11.5 Å². The molecule has 0 radical (unpaired) electrons. The van der Waals surface area contributed by atoms with Gasteiger partial charge in [-0.3, -0.25) is 4.79 Å². The lowest BCUT2D eigenvalue weighted by Gasteiger charge is -2.17. The Labute approximate surface area is 219 Å². The van der Waals surface area contributed by atoms with E-state index in [2.05, 4.69) is 10.6 Å². The predicted molar refractivity (Wildman–Crippen MR) is 145 cm³/mol. The molecule has 0 unspecified atom stereocenters. The van der Waals surface area contributed by atoms with E-state index in [9.17, 15) is 19.5 Å². The highest BCUT2D eigenvalue weighted by atomic mass is 16.7. The highest BCUT2D eigenvalue weighted by molar-refractivity contribution is 6.11. The predicted octanol–water partition coefficient (Wildman–Crippen LogP) is 6.38. The van der Waals surface area contributed by atoms with Crippen LogP contribution in [0.3, 0.4) is 0 Å². The van der Waals surface area contributed by atoms with Gasteiger partial charge in [-0.25, -0.2) is 9.59 Å². The third-order valence-electron chi connectivity index (χ3n) is 5.64. The van der Waals surface area contributed by atoms with Gasteiger partial charge in [0.2, 0.25) is 5.88 Å². The lowest BCUT2D eigenvalue weighted by Crippen LogP contribution is -2.31. The first-order valence-corrected chi connectivity index (χ1v) is 12.1. The van der Waals surface area contributed by atoms with Gasteiger partial charge in [-0.1, -0.05) is 25.1 Å². The molecule has 1 aromatic heterocycles. The second kappa shape index (κ2) is 10.7. The molecule has 0 atom stereocenters. The third kappa shape index (κ3) is 5.78. The second-order valence-electron chi connectivity index (χ2n) is 9.65. The van der Waals surface area contributed by atoms with Crippen molar-refractivity contribution in [2.75, 3.05) is 10.6 Å². The number of hydrogen-bond acceptors (Lipinski definition) is 6. The molecule has 9 heteroatoms. The van der Waals surface area contributed by atoms with Gasteiger partial charge in [0.05, 0.1) is 16.5 Å². The van der Waals surface area contributed by atoms with Crippen LogP contribution in [0.5, 0.6) is 17.4 Å². The van der Waals surface area contributed by atoms with Crippen LogP contribution in [-0.2, 0) is 4.79 Å². The Bertz CT molecular complexity index is 1490. The molecule has 3 N–H and O–H groups in total. The summed E-state index contributed by atoms with van der Waals surface area (Å²) in [5.41, 5.74) is 0.366. The first kappa shape index (κ1) is 26.3. The van der Waals surface area contributed by atoms with Crippen molar-refractivity contribution in [2.45, 2.75) is 34.1 Å². The normalized spacial score (nSPS) is 11.2. The zero-order valence-electron chi connectivity index (χ0n) is 21.6. The fourth-order valence-electron chi connectivity index (χ4n) is 3.61. The van der Waals surface area contributed by atoms with Gasteiger partial charge in [-0.2, -0.15) is 0 Å². The van der Waals surface area contributed by atoms with Crippen LogP contribution in [0.25, 0.3) is 10.9 Å². The fraction of sp³-hybridized carbons (Fsp3) is 0.207. The first-order valence-electron chi connectivity index (χ1n) is 12.1. The summed E-state index contributed by atoms with van der Waals surface area (Å²) in [5.74, 6) is -0.0550. The standard InChI is InChI=1S/C29H29N3O6/c1-5-24(33)25-22-16-13-19(17-23(22)32(26(25)34)38-27(35)29(2,3)4)31-28(36)30-18-11-14-21(15-12-18)37-20-9-7-6-8-10-20/h6-17,34H,5H2,1-4H3,(H2,30,31,36). The molecule has 0 fully saturated rings. The number of fused-ring (bicyclic) bond motifs is 1. The van der Waals surface area contributed by atoms with Gasteiger partial charge in [-0.05, 0) is 75.4 Å². The zero-order valence-corrected chi connectivity index (χ0v) is 21.6. The van der Waals surface area contributed by atoms with E-state index in [0.29, 0.717) is 28.3 Å². The molecule has 1 heterocycles. The minimum absolute atomic E-state index is 0.0537. The van der Waals surface area contributed by atoms with Crippen LogP contribution in [0.15, 0.2) is 72.8 Å². The van der Waals surface area contributed by atoms with Crippen LogP contribution in [0.2, 0.25) is 0 Å². The first-order chi connectivity index (χ1) is 18.1. The fourth-order valence-corrected chi connectivity index (χ4v) is 3.61. The number of nitrogens with zero attached hydrogens (tertiary/aromatic N) is 1. The van der Waals surface area contributed by atoms with Gasteiger partial charge < -0.3 is 25.3 Å². The second-order valence-corrected chi connectivity index (χ2v) is 9.65. The Kier molecular flexibility index (Phi) is 7.38. The molecule has 0 aliphatic rings. The highest BCUT2D eigenvalue weighted by Gasteiger charge is 2.29. The van der Waals surface area contributed by atoms with Crippen molar-refractivity contribution in [1.82, 2.24) is 4.73 Å². The van der Waals surface area contributed by atoms with Gasteiger partial charge in [0.25, 0.3) is 0 Å². The molecule has 9 nitrogen and oxygen atoms in total. The van der Waals surface area contributed by atoms with Crippen molar-refractivity contribution in [2.24, 2.45) is 5.41 Å². The number of hydrogen-bond donors (Lipinski definition) is 3. The van der Waals surface area contributed by atoms with Crippen molar-refractivity contribution in [1.29, 1.82) is 0 Å². The molecule has 0 spiro atoms. The number of aromatic nitrogens is 1. The molecule has 0 bridgehead atoms. The third-order valence-corrected chi connectivity index (χ3v) is 5.64. The SMILES string of the molecule is CCC(=O)c1c(O)n(OC(=O)C(C)(C)C)c2cc(NC(=O)Nc3ccc(Oc4ccccc4)cc3)ccc12. The summed E-state index contributed by atoms with van der Waals surface area (Å²) in [5, 5.41) is 16.6. The van der Waals surface area contributed by atoms with Crippen LogP contribution in [0, 0.1) is 5.41 Å². The monoisotopic (exact) mass is 515 g/mol. The number of ketones is 1. The molecule has 0 aliphatic carbocycles. The average Bonchev–Trinajstić information content (AvgIpc) is 3.15. The van der Waals surface area contributed by atoms with Gasteiger partial charge >= 0.3 is 12.0 Å². The van der Waals surface area contributed by atoms with Crippen molar-refractivity contribution in [3.63, 3.8) is 0 Å². The number of aromatic hydroxyl groups is 1. The van der Waals surface area contributed by atoms with Crippen molar-refractivity contribution in [3.05, 3.63) is 78.4 Å². The molecule has 196 valence electrons. The molecular formula is C29H29N3O6. The summed E-state index contributed by atoms with van der Waals surface area (Å²) in [4.78, 5) is 43.2. The average molecular weight is 516 g/mol. The van der Waals surface area contributed by atoms with E-state index in [0.717, 1.165) is 4.73 Å². The Morgan fingerprint density at radius 2 is 1.47 bits per heavy atom. The van der Waals surface area contributed by atoms with Gasteiger partial charge in [0, 0.05) is 23.2 Å². The van der Waals surface area contributed by atoms with Gasteiger partial charge in [-0.15, -0.1) is 4.73 Å². The molecule has 0 saturated carbocycles. The summed E-state index contributed by atoms with van der Waals surface area (Å²) in [6.07, 6.45) is 0.150. The number of carbonyl (C=O) groups is 3. The van der Waals surface area contributed by atoms with Crippen LogP contribution >= 0.6 is 0 Å². The molecule has 4 aromatic rings. The quantitative estimate of drug-likeness (QED) is 0.246. The van der Waals surface area contributed by atoms with Crippen molar-refractivity contribution in [3.8, 4) is 17.4 Å². The zero-order chi connectivity index (χ0) is 27.4. The lowest BCUT2D eigenvalue weighted by molar-refractivity contribution is -0.153. The molecular weight excluding hydrogens is 486 g/mol. The number of carbonyl (C=O) groups excluding carboxylic acids is 3. The lowest BCUT2D eigenvalue weighted by atomic mass is 9.98. The molecule has 38 heavy (non-hydrogen) atoms. The summed E-state index contributed by atoms with van der Waals surface area (Å²) in [7, 11) is 0. The summed E-state index contributed by atoms with van der Waals surface area (Å²) in [6.45, 7) is 6.70. The van der Waals surface area contributed by atoms with E-state index in [1.807, 2.05) is 30.3 Å². The van der Waals surface area contributed by atoms with Gasteiger partial charge in [0.15, 0.2) is 5.78 Å². The van der Waals surface area contributed by atoms with Crippen molar-refractivity contribution < 1.29 is 29.1 Å². The number of anilines is 2. The van der Waals surface area contributed by atoms with E-state index in [1.165, 1.54) is 6.07 Å². The number of benzene rings is 3. The maximum absolute atomic E-state index is 12.7. The highest BCUT2D eigenvalue weighted by Crippen LogP contribution is 2.34. The number of para-hydroxylation sites is 1. The van der Waals surface area contributed by atoms with Crippen LogP contribution in [0.1, 0.15) is 44.5 Å². The Balaban J connectivity index is 1.53. The minimum atomic E-state index is -0.852. The summed E-state index contributed by atoms with van der Waals surface area (Å²) in [6, 6.07) is 20.4. The number of nitrogens with one attached hydrogen (secondary N) is 2. The molecule has 3 aromatic carbocycles. The molecule has 0 aliphatic heterocycles. The minimum Gasteiger partial charge on any atom is -0.492 e. The smallest absolute Gasteiger partial charge is 0.338 e. The number of Topliss-reactive ketones (excluding diaryl/α,β-unsaturated/α-hetero) is 1.